The van der Waals surface area contributed by atoms with E-state index < -0.39 is 0 Å². The quantitative estimate of drug-likeness (QED) is 0.701. The van der Waals surface area contributed by atoms with E-state index in [0.717, 1.165) is 11.8 Å². The van der Waals surface area contributed by atoms with Crippen LogP contribution in [0.1, 0.15) is 53.4 Å². The van der Waals surface area contributed by atoms with E-state index in [1.165, 1.54) is 25.7 Å². The Morgan fingerprint density at radius 2 is 1.73 bits per heavy atom. The van der Waals surface area contributed by atoms with E-state index in [9.17, 15) is 0 Å². The molecule has 0 aromatic carbocycles. The van der Waals surface area contributed by atoms with Gasteiger partial charge in [-0.25, -0.2) is 0 Å². The van der Waals surface area contributed by atoms with Crippen molar-refractivity contribution in [3.05, 3.63) is 0 Å². The van der Waals surface area contributed by atoms with Crippen LogP contribution >= 0.6 is 0 Å². The Kier molecular flexibility index (Phi) is 4.22. The van der Waals surface area contributed by atoms with Crippen molar-refractivity contribution >= 4 is 0 Å². The Morgan fingerprint density at radius 1 is 1.20 bits per heavy atom. The van der Waals surface area contributed by atoms with Gasteiger partial charge in [0.1, 0.15) is 0 Å². The summed E-state index contributed by atoms with van der Waals surface area (Å²) in [6, 6.07) is 0.631. The zero-order valence-electron chi connectivity index (χ0n) is 10.6. The van der Waals surface area contributed by atoms with Crippen LogP contribution < -0.4 is 5.32 Å². The van der Waals surface area contributed by atoms with E-state index in [1.807, 2.05) is 0 Å². The smallest absolute Gasteiger partial charge is 0.0743 e. The molecule has 0 amide bonds. The van der Waals surface area contributed by atoms with Gasteiger partial charge in [0.2, 0.25) is 0 Å². The highest BCUT2D eigenvalue weighted by molar-refractivity contribution is 5.08. The Morgan fingerprint density at radius 3 is 2.13 bits per heavy atom. The molecule has 15 heavy (non-hydrogen) atoms. The molecule has 0 spiro atoms. The minimum absolute atomic E-state index is 0.144. The van der Waals surface area contributed by atoms with Crippen LogP contribution in [0.4, 0.5) is 0 Å². The topological polar surface area (TPSA) is 12.0 Å². The molecule has 1 heteroatoms. The molecule has 0 heterocycles. The fourth-order valence-electron chi connectivity index (χ4n) is 2.48. The van der Waals surface area contributed by atoms with Gasteiger partial charge in [0, 0.05) is 6.04 Å². The summed E-state index contributed by atoms with van der Waals surface area (Å²) in [6.45, 7) is 8.84. The van der Waals surface area contributed by atoms with Gasteiger partial charge < -0.3 is 0 Å². The third kappa shape index (κ3) is 3.87. The van der Waals surface area contributed by atoms with E-state index >= 15 is 0 Å². The second-order valence-corrected chi connectivity index (χ2v) is 5.77. The molecule has 1 nitrogen and oxygen atoms in total. The lowest BCUT2D eigenvalue weighted by molar-refractivity contribution is 0.223. The summed E-state index contributed by atoms with van der Waals surface area (Å²) >= 11 is 0. The molecule has 0 aliphatic heterocycles. The minimum Gasteiger partial charge on any atom is -0.299 e. The van der Waals surface area contributed by atoms with Crippen molar-refractivity contribution in [1.82, 2.24) is 5.32 Å². The summed E-state index contributed by atoms with van der Waals surface area (Å²) in [5.74, 6) is 4.58. The molecule has 1 rings (SSSR count). The van der Waals surface area contributed by atoms with Crippen LogP contribution in [-0.2, 0) is 0 Å². The van der Waals surface area contributed by atoms with Crippen LogP contribution in [-0.4, -0.2) is 11.6 Å². The monoisotopic (exact) mass is 207 g/mol. The summed E-state index contributed by atoms with van der Waals surface area (Å²) < 4.78 is 0. The average Bonchev–Trinajstić information content (AvgIpc) is 2.18. The molecule has 86 valence electrons. The second kappa shape index (κ2) is 5.03. The zero-order chi connectivity index (χ0) is 11.5. The van der Waals surface area contributed by atoms with Crippen molar-refractivity contribution in [3.8, 4) is 12.3 Å². The maximum atomic E-state index is 5.49. The first kappa shape index (κ1) is 12.6. The third-order valence-corrected chi connectivity index (χ3v) is 3.64. The first-order valence-corrected chi connectivity index (χ1v) is 6.20. The number of rotatable bonds is 3. The Hall–Kier alpha value is -0.480. The van der Waals surface area contributed by atoms with Crippen molar-refractivity contribution in [2.75, 3.05) is 0 Å². The lowest BCUT2D eigenvalue weighted by atomic mass is 9.79. The molecule has 1 N–H and O–H groups in total. The van der Waals surface area contributed by atoms with E-state index in [1.54, 1.807) is 0 Å². The van der Waals surface area contributed by atoms with Gasteiger partial charge in [-0.3, -0.25) is 5.32 Å². The molecule has 0 radical (unpaired) electrons. The second-order valence-electron chi connectivity index (χ2n) is 5.77. The maximum absolute atomic E-state index is 5.49. The fourth-order valence-corrected chi connectivity index (χ4v) is 2.48. The van der Waals surface area contributed by atoms with Gasteiger partial charge in [-0.2, -0.15) is 0 Å². The summed E-state index contributed by atoms with van der Waals surface area (Å²) in [5.41, 5.74) is -0.144. The van der Waals surface area contributed by atoms with Crippen molar-refractivity contribution in [3.63, 3.8) is 0 Å². The zero-order valence-corrected chi connectivity index (χ0v) is 10.6. The molecule has 1 aliphatic rings. The Labute approximate surface area is 95.0 Å². The molecular weight excluding hydrogens is 182 g/mol. The molecule has 1 saturated carbocycles. The normalized spacial score (nSPS) is 27.7. The highest BCUT2D eigenvalue weighted by atomic mass is 15.0. The van der Waals surface area contributed by atoms with E-state index in [-0.39, 0.29) is 5.54 Å². The summed E-state index contributed by atoms with van der Waals surface area (Å²) in [4.78, 5) is 0. The van der Waals surface area contributed by atoms with Crippen molar-refractivity contribution in [2.45, 2.75) is 65.0 Å². The molecule has 0 unspecified atom stereocenters. The maximum Gasteiger partial charge on any atom is 0.0743 e. The van der Waals surface area contributed by atoms with Crippen LogP contribution in [0.2, 0.25) is 0 Å². The summed E-state index contributed by atoms with van der Waals surface area (Å²) in [5, 5.41) is 3.57. The van der Waals surface area contributed by atoms with Crippen LogP contribution in [0.5, 0.6) is 0 Å². The van der Waals surface area contributed by atoms with Crippen molar-refractivity contribution < 1.29 is 0 Å². The largest absolute Gasteiger partial charge is 0.299 e. The molecule has 1 aliphatic carbocycles. The SMILES string of the molecule is C#CC(C)(C)NC1CCC(C(C)C)CC1. The van der Waals surface area contributed by atoms with E-state index in [4.69, 9.17) is 6.42 Å². The standard InChI is InChI=1S/C14H25N/c1-6-14(4,5)15-13-9-7-12(8-10-13)11(2)3/h1,11-13,15H,7-10H2,2-5H3. The Bertz CT molecular complexity index is 226. The molecule has 1 fully saturated rings. The van der Waals surface area contributed by atoms with Gasteiger partial charge in [0.05, 0.1) is 5.54 Å². The summed E-state index contributed by atoms with van der Waals surface area (Å²) in [7, 11) is 0. The van der Waals surface area contributed by atoms with Crippen LogP contribution in [0.3, 0.4) is 0 Å². The van der Waals surface area contributed by atoms with E-state index in [2.05, 4.69) is 38.9 Å². The predicted octanol–water partition coefficient (Wildman–Crippen LogP) is 3.20. The van der Waals surface area contributed by atoms with Crippen molar-refractivity contribution in [1.29, 1.82) is 0 Å². The van der Waals surface area contributed by atoms with Gasteiger partial charge in [-0.05, 0) is 51.4 Å². The molecule has 0 aromatic rings. The summed E-state index contributed by atoms with van der Waals surface area (Å²) in [6.07, 6.45) is 10.8. The first-order chi connectivity index (χ1) is 6.94. The lowest BCUT2D eigenvalue weighted by Crippen LogP contribution is -2.46. The predicted molar refractivity (Wildman–Crippen MR) is 66.6 cm³/mol. The van der Waals surface area contributed by atoms with Gasteiger partial charge in [-0.1, -0.05) is 19.8 Å². The number of nitrogens with one attached hydrogen (secondary N) is 1. The number of hydrogen-bond acceptors (Lipinski definition) is 1. The highest BCUT2D eigenvalue weighted by Gasteiger charge is 2.26. The first-order valence-electron chi connectivity index (χ1n) is 6.20. The third-order valence-electron chi connectivity index (χ3n) is 3.64. The van der Waals surface area contributed by atoms with Gasteiger partial charge in [0.25, 0.3) is 0 Å². The Balaban J connectivity index is 2.36. The molecule has 0 saturated heterocycles. The van der Waals surface area contributed by atoms with E-state index in [0.29, 0.717) is 6.04 Å². The van der Waals surface area contributed by atoms with Gasteiger partial charge in [-0.15, -0.1) is 6.42 Å². The van der Waals surface area contributed by atoms with Crippen LogP contribution in [0.25, 0.3) is 0 Å². The highest BCUT2D eigenvalue weighted by Crippen LogP contribution is 2.30. The van der Waals surface area contributed by atoms with Gasteiger partial charge >= 0.3 is 0 Å². The minimum atomic E-state index is -0.144. The molecule has 0 aromatic heterocycles. The lowest BCUT2D eigenvalue weighted by Gasteiger charge is -2.35. The van der Waals surface area contributed by atoms with Crippen molar-refractivity contribution in [2.24, 2.45) is 11.8 Å². The average molecular weight is 207 g/mol. The van der Waals surface area contributed by atoms with Gasteiger partial charge in [0.15, 0.2) is 0 Å². The number of terminal acetylenes is 1. The number of hydrogen-bond donors (Lipinski definition) is 1. The van der Waals surface area contributed by atoms with Crippen LogP contribution in [0, 0.1) is 24.2 Å². The molecule has 0 atom stereocenters. The molecular formula is C14H25N. The van der Waals surface area contributed by atoms with Crippen LogP contribution in [0.15, 0.2) is 0 Å². The molecule has 0 bridgehead atoms. The fraction of sp³-hybridized carbons (Fsp3) is 0.857.